The Bertz CT molecular complexity index is 552. The van der Waals surface area contributed by atoms with Gasteiger partial charge in [0.25, 0.3) is 0 Å². The van der Waals surface area contributed by atoms with Crippen molar-refractivity contribution in [3.8, 4) is 0 Å². The molecule has 3 rings (SSSR count). The molecule has 2 aromatic carbocycles. The molecule has 0 amide bonds. The summed E-state index contributed by atoms with van der Waals surface area (Å²) in [5.74, 6) is 0.833. The first-order valence-corrected chi connectivity index (χ1v) is 6.14. The number of rotatable bonds is 0. The molecule has 17 heavy (non-hydrogen) atoms. The third-order valence-electron chi connectivity index (χ3n) is 2.41. The summed E-state index contributed by atoms with van der Waals surface area (Å²) in [5.41, 5.74) is 2.42. The van der Waals surface area contributed by atoms with Crippen LogP contribution in [0.1, 0.15) is 20.8 Å². The van der Waals surface area contributed by atoms with E-state index in [0.717, 1.165) is 5.92 Å². The fourth-order valence-corrected chi connectivity index (χ4v) is 1.80. The van der Waals surface area contributed by atoms with Gasteiger partial charge in [-0.2, -0.15) is 0 Å². The highest BCUT2D eigenvalue weighted by Crippen LogP contribution is 2.24. The van der Waals surface area contributed by atoms with Crippen LogP contribution in [0.15, 0.2) is 48.5 Å². The molecule has 1 N–H and O–H groups in total. The van der Waals surface area contributed by atoms with E-state index in [4.69, 9.17) is 0 Å². The van der Waals surface area contributed by atoms with E-state index in [1.807, 2.05) is 0 Å². The van der Waals surface area contributed by atoms with Crippen LogP contribution in [0.25, 0.3) is 21.8 Å². The Morgan fingerprint density at radius 2 is 1.06 bits per heavy atom. The first-order valence-electron chi connectivity index (χ1n) is 6.14. The number of benzene rings is 2. The van der Waals surface area contributed by atoms with E-state index in [1.54, 1.807) is 0 Å². The number of H-pyrrole nitrogens is 1. The van der Waals surface area contributed by atoms with Crippen molar-refractivity contribution in [2.45, 2.75) is 20.8 Å². The lowest BCUT2D eigenvalue weighted by molar-refractivity contribution is 0.737. The Labute approximate surface area is 102 Å². The molecule has 1 heterocycles. The maximum absolute atomic E-state index is 3.38. The number of hydrogen-bond donors (Lipinski definition) is 1. The van der Waals surface area contributed by atoms with E-state index >= 15 is 0 Å². The summed E-state index contributed by atoms with van der Waals surface area (Å²) in [6.07, 6.45) is 0. The van der Waals surface area contributed by atoms with E-state index in [2.05, 4.69) is 74.3 Å². The minimum absolute atomic E-state index is 0.833. The quantitative estimate of drug-likeness (QED) is 0.555. The average Bonchev–Trinajstić information content (AvgIpc) is 2.66. The lowest BCUT2D eigenvalue weighted by Gasteiger charge is -1.87. The molecule has 0 saturated heterocycles. The Kier molecular flexibility index (Phi) is 3.48. The Morgan fingerprint density at radius 1 is 0.706 bits per heavy atom. The molecular weight excluding hydrogens is 206 g/mol. The van der Waals surface area contributed by atoms with Gasteiger partial charge in [-0.1, -0.05) is 57.2 Å². The van der Waals surface area contributed by atoms with Crippen molar-refractivity contribution >= 4 is 21.8 Å². The second kappa shape index (κ2) is 5.05. The van der Waals surface area contributed by atoms with Crippen LogP contribution in [0, 0.1) is 5.92 Å². The van der Waals surface area contributed by atoms with Crippen LogP contribution < -0.4 is 0 Å². The molecule has 0 unspecified atom stereocenters. The fourth-order valence-electron chi connectivity index (χ4n) is 1.80. The van der Waals surface area contributed by atoms with Crippen LogP contribution in [-0.4, -0.2) is 4.98 Å². The minimum Gasteiger partial charge on any atom is -0.355 e. The van der Waals surface area contributed by atoms with Crippen molar-refractivity contribution in [1.29, 1.82) is 0 Å². The van der Waals surface area contributed by atoms with E-state index in [9.17, 15) is 0 Å². The van der Waals surface area contributed by atoms with Crippen LogP contribution in [0.2, 0.25) is 0 Å². The molecular formula is C16H19N. The first-order chi connectivity index (χ1) is 8.18. The van der Waals surface area contributed by atoms with Gasteiger partial charge in [-0.15, -0.1) is 0 Å². The smallest absolute Gasteiger partial charge is 0.0464 e. The Morgan fingerprint density at radius 3 is 1.47 bits per heavy atom. The van der Waals surface area contributed by atoms with Gasteiger partial charge in [0, 0.05) is 21.8 Å². The number of para-hydroxylation sites is 2. The predicted molar refractivity (Wildman–Crippen MR) is 76.3 cm³/mol. The molecule has 0 saturated carbocycles. The van der Waals surface area contributed by atoms with Gasteiger partial charge in [0.2, 0.25) is 0 Å². The number of hydrogen-bond acceptors (Lipinski definition) is 0. The molecule has 3 aromatic rings. The summed E-state index contributed by atoms with van der Waals surface area (Å²) in [5, 5.41) is 2.61. The van der Waals surface area contributed by atoms with Gasteiger partial charge in [0.05, 0.1) is 0 Å². The first kappa shape index (κ1) is 11.7. The van der Waals surface area contributed by atoms with Gasteiger partial charge >= 0.3 is 0 Å². The highest BCUT2D eigenvalue weighted by atomic mass is 14.7. The molecule has 0 aliphatic heterocycles. The zero-order valence-corrected chi connectivity index (χ0v) is 10.7. The molecule has 0 aliphatic carbocycles. The van der Waals surface area contributed by atoms with Crippen LogP contribution in [-0.2, 0) is 0 Å². The number of fused-ring (bicyclic) bond motifs is 3. The second-order valence-electron chi connectivity index (χ2n) is 4.95. The summed E-state index contributed by atoms with van der Waals surface area (Å²) >= 11 is 0. The van der Waals surface area contributed by atoms with E-state index in [-0.39, 0.29) is 0 Å². The third kappa shape index (κ3) is 2.68. The second-order valence-corrected chi connectivity index (χ2v) is 4.95. The van der Waals surface area contributed by atoms with Crippen LogP contribution >= 0.6 is 0 Å². The van der Waals surface area contributed by atoms with Crippen molar-refractivity contribution < 1.29 is 0 Å². The Hall–Kier alpha value is -1.76. The van der Waals surface area contributed by atoms with Gasteiger partial charge in [0.15, 0.2) is 0 Å². The maximum Gasteiger partial charge on any atom is 0.0464 e. The summed E-state index contributed by atoms with van der Waals surface area (Å²) < 4.78 is 0. The molecule has 0 aliphatic rings. The maximum atomic E-state index is 3.38. The standard InChI is InChI=1S/C12H9N.C4H10/c1-3-7-11-9(5-1)10-6-2-4-8-12(10)13-11;1-4(2)3/h1-8,13H;4H,1-3H3. The van der Waals surface area contributed by atoms with Gasteiger partial charge in [-0.3, -0.25) is 0 Å². The molecule has 0 fully saturated rings. The lowest BCUT2D eigenvalue weighted by atomic mass is 10.2. The van der Waals surface area contributed by atoms with E-state index < -0.39 is 0 Å². The topological polar surface area (TPSA) is 15.8 Å². The highest BCUT2D eigenvalue weighted by Gasteiger charge is 2.00. The fraction of sp³-hybridized carbons (Fsp3) is 0.250. The normalized spacial score (nSPS) is 10.6. The van der Waals surface area contributed by atoms with Gasteiger partial charge in [0.1, 0.15) is 0 Å². The lowest BCUT2D eigenvalue weighted by Crippen LogP contribution is -1.66. The van der Waals surface area contributed by atoms with Crippen molar-refractivity contribution in [2.24, 2.45) is 5.92 Å². The molecule has 0 spiro atoms. The van der Waals surface area contributed by atoms with Crippen LogP contribution in [0.3, 0.4) is 0 Å². The summed E-state index contributed by atoms with van der Waals surface area (Å²) in [6.45, 7) is 6.50. The van der Waals surface area contributed by atoms with E-state index in [1.165, 1.54) is 21.8 Å². The zero-order chi connectivity index (χ0) is 12.3. The van der Waals surface area contributed by atoms with Crippen molar-refractivity contribution in [1.82, 2.24) is 4.98 Å². The van der Waals surface area contributed by atoms with Gasteiger partial charge in [-0.05, 0) is 18.1 Å². The number of nitrogens with one attached hydrogen (secondary N) is 1. The SMILES string of the molecule is CC(C)C.c1ccc2c(c1)[nH]c1ccccc12. The van der Waals surface area contributed by atoms with Crippen molar-refractivity contribution in [2.75, 3.05) is 0 Å². The molecule has 1 aromatic heterocycles. The van der Waals surface area contributed by atoms with Crippen LogP contribution in [0.4, 0.5) is 0 Å². The number of aromatic nitrogens is 1. The summed E-state index contributed by atoms with van der Waals surface area (Å²) in [4.78, 5) is 3.38. The summed E-state index contributed by atoms with van der Waals surface area (Å²) in [7, 11) is 0. The Balaban J connectivity index is 0.000000239. The zero-order valence-electron chi connectivity index (χ0n) is 10.7. The van der Waals surface area contributed by atoms with E-state index in [0.29, 0.717) is 0 Å². The third-order valence-corrected chi connectivity index (χ3v) is 2.41. The summed E-state index contributed by atoms with van der Waals surface area (Å²) in [6, 6.07) is 16.8. The highest BCUT2D eigenvalue weighted by molar-refractivity contribution is 6.06. The van der Waals surface area contributed by atoms with Gasteiger partial charge < -0.3 is 4.98 Å². The molecule has 88 valence electrons. The average molecular weight is 225 g/mol. The molecule has 1 heteroatoms. The van der Waals surface area contributed by atoms with Crippen molar-refractivity contribution in [3.63, 3.8) is 0 Å². The molecule has 0 atom stereocenters. The molecule has 0 bridgehead atoms. The van der Waals surface area contributed by atoms with Gasteiger partial charge in [-0.25, -0.2) is 0 Å². The van der Waals surface area contributed by atoms with Crippen LogP contribution in [0.5, 0.6) is 0 Å². The van der Waals surface area contributed by atoms with Crippen molar-refractivity contribution in [3.05, 3.63) is 48.5 Å². The number of aromatic amines is 1. The monoisotopic (exact) mass is 225 g/mol. The predicted octanol–water partition coefficient (Wildman–Crippen LogP) is 4.98. The minimum atomic E-state index is 0.833. The molecule has 1 nitrogen and oxygen atoms in total. The largest absolute Gasteiger partial charge is 0.355 e. The molecule has 0 radical (unpaired) electrons.